The fourth-order valence-corrected chi connectivity index (χ4v) is 2.52. The van der Waals surface area contributed by atoms with Crippen LogP contribution in [0.4, 0.5) is 0 Å². The molecule has 2 aromatic heterocycles. The number of benzene rings is 1. The van der Waals surface area contributed by atoms with Crippen molar-refractivity contribution in [2.45, 2.75) is 6.61 Å². The Labute approximate surface area is 125 Å². The molecule has 0 bridgehead atoms. The van der Waals surface area contributed by atoms with Crippen LogP contribution in [0.2, 0.25) is 5.15 Å². The summed E-state index contributed by atoms with van der Waals surface area (Å²) in [6.07, 6.45) is 0. The van der Waals surface area contributed by atoms with Crippen LogP contribution in [0.15, 0.2) is 53.9 Å². The molecule has 0 radical (unpaired) electrons. The maximum Gasteiger partial charge on any atom is 0.218 e. The van der Waals surface area contributed by atoms with E-state index in [1.165, 1.54) is 0 Å². The van der Waals surface area contributed by atoms with E-state index in [1.807, 2.05) is 47.8 Å². The van der Waals surface area contributed by atoms with Gasteiger partial charge in [-0.15, -0.1) is 11.3 Å². The molecule has 1 aromatic carbocycles. The van der Waals surface area contributed by atoms with Crippen molar-refractivity contribution in [3.63, 3.8) is 0 Å². The highest BCUT2D eigenvalue weighted by atomic mass is 35.5. The molecule has 0 saturated heterocycles. The highest BCUT2D eigenvalue weighted by Crippen LogP contribution is 2.22. The lowest BCUT2D eigenvalue weighted by Gasteiger charge is -2.06. The molecule has 0 atom stereocenters. The standard InChI is InChI=1S/C15H11ClN2OS/c16-13-9-14(19-10-12-7-4-8-20-12)18-15(17-13)11-5-2-1-3-6-11/h1-9H,10H2. The van der Waals surface area contributed by atoms with Gasteiger partial charge in [-0.05, 0) is 11.4 Å². The minimum absolute atomic E-state index is 0.375. The first-order valence-electron chi connectivity index (χ1n) is 6.06. The van der Waals surface area contributed by atoms with Gasteiger partial charge in [-0.1, -0.05) is 48.0 Å². The van der Waals surface area contributed by atoms with E-state index >= 15 is 0 Å². The molecule has 100 valence electrons. The Morgan fingerprint density at radius 1 is 1.05 bits per heavy atom. The summed E-state index contributed by atoms with van der Waals surface area (Å²) in [7, 11) is 0. The third kappa shape index (κ3) is 3.15. The third-order valence-corrected chi connectivity index (χ3v) is 3.69. The second kappa shape index (κ2) is 6.03. The molecule has 3 rings (SSSR count). The van der Waals surface area contributed by atoms with Gasteiger partial charge in [-0.25, -0.2) is 4.98 Å². The van der Waals surface area contributed by atoms with Gasteiger partial charge < -0.3 is 4.74 Å². The van der Waals surface area contributed by atoms with Crippen molar-refractivity contribution in [2.75, 3.05) is 0 Å². The van der Waals surface area contributed by atoms with Gasteiger partial charge >= 0.3 is 0 Å². The molecule has 0 fully saturated rings. The van der Waals surface area contributed by atoms with Gasteiger partial charge in [0, 0.05) is 16.5 Å². The second-order valence-electron chi connectivity index (χ2n) is 4.09. The number of nitrogens with zero attached hydrogens (tertiary/aromatic N) is 2. The van der Waals surface area contributed by atoms with Crippen molar-refractivity contribution >= 4 is 22.9 Å². The first-order valence-corrected chi connectivity index (χ1v) is 7.32. The van der Waals surface area contributed by atoms with Crippen molar-refractivity contribution in [1.29, 1.82) is 0 Å². The number of halogens is 1. The third-order valence-electron chi connectivity index (χ3n) is 2.65. The van der Waals surface area contributed by atoms with Crippen molar-refractivity contribution < 1.29 is 4.74 Å². The zero-order chi connectivity index (χ0) is 13.8. The van der Waals surface area contributed by atoms with Crippen LogP contribution in [0, 0.1) is 0 Å². The molecule has 2 heterocycles. The largest absolute Gasteiger partial charge is 0.472 e. The minimum Gasteiger partial charge on any atom is -0.472 e. The second-order valence-corrected chi connectivity index (χ2v) is 5.51. The number of ether oxygens (including phenoxy) is 1. The van der Waals surface area contributed by atoms with Crippen molar-refractivity contribution in [3.8, 4) is 17.3 Å². The molecule has 0 amide bonds. The number of thiophene rings is 1. The topological polar surface area (TPSA) is 35.0 Å². The van der Waals surface area contributed by atoms with E-state index < -0.39 is 0 Å². The molecule has 0 aliphatic carbocycles. The lowest BCUT2D eigenvalue weighted by atomic mass is 10.2. The summed E-state index contributed by atoms with van der Waals surface area (Å²) < 4.78 is 5.67. The quantitative estimate of drug-likeness (QED) is 0.668. The maximum atomic E-state index is 6.03. The van der Waals surface area contributed by atoms with Gasteiger partial charge in [0.25, 0.3) is 0 Å². The molecule has 0 aliphatic heterocycles. The van der Waals surface area contributed by atoms with Gasteiger partial charge in [0.05, 0.1) is 0 Å². The highest BCUT2D eigenvalue weighted by molar-refractivity contribution is 7.09. The zero-order valence-corrected chi connectivity index (χ0v) is 12.1. The zero-order valence-electron chi connectivity index (χ0n) is 10.5. The predicted octanol–water partition coefficient (Wildman–Crippen LogP) is 4.44. The van der Waals surface area contributed by atoms with Crippen LogP contribution in [-0.2, 0) is 6.61 Å². The molecule has 0 unspecified atom stereocenters. The van der Waals surface area contributed by atoms with E-state index in [2.05, 4.69) is 9.97 Å². The molecular formula is C15H11ClN2OS. The van der Waals surface area contributed by atoms with Crippen LogP contribution < -0.4 is 4.74 Å². The van der Waals surface area contributed by atoms with Crippen molar-refractivity contribution in [3.05, 3.63) is 63.9 Å². The van der Waals surface area contributed by atoms with E-state index in [1.54, 1.807) is 17.4 Å². The first-order chi connectivity index (χ1) is 9.81. The van der Waals surface area contributed by atoms with E-state index in [0.29, 0.717) is 23.5 Å². The summed E-state index contributed by atoms with van der Waals surface area (Å²) in [5.74, 6) is 1.05. The van der Waals surface area contributed by atoms with Crippen molar-refractivity contribution in [1.82, 2.24) is 9.97 Å². The van der Waals surface area contributed by atoms with E-state index in [0.717, 1.165) is 10.4 Å². The Hall–Kier alpha value is -1.91. The molecule has 0 aliphatic rings. The van der Waals surface area contributed by atoms with Crippen LogP contribution in [0.1, 0.15) is 4.88 Å². The summed E-state index contributed by atoms with van der Waals surface area (Å²) in [6, 6.07) is 15.3. The predicted molar refractivity (Wildman–Crippen MR) is 81.1 cm³/mol. The summed E-state index contributed by atoms with van der Waals surface area (Å²) >= 11 is 7.68. The van der Waals surface area contributed by atoms with Crippen LogP contribution >= 0.6 is 22.9 Å². The van der Waals surface area contributed by atoms with Gasteiger partial charge in [-0.3, -0.25) is 0 Å². The Morgan fingerprint density at radius 3 is 2.65 bits per heavy atom. The van der Waals surface area contributed by atoms with E-state index in [4.69, 9.17) is 16.3 Å². The summed E-state index contributed by atoms with van der Waals surface area (Å²) in [5, 5.41) is 2.39. The Bertz CT molecular complexity index is 686. The summed E-state index contributed by atoms with van der Waals surface area (Å²) in [4.78, 5) is 9.76. The van der Waals surface area contributed by atoms with Crippen LogP contribution in [0.25, 0.3) is 11.4 Å². The first kappa shape index (κ1) is 13.1. The van der Waals surface area contributed by atoms with Gasteiger partial charge in [0.15, 0.2) is 5.82 Å². The lowest BCUT2D eigenvalue weighted by Crippen LogP contribution is -1.98. The fourth-order valence-electron chi connectivity index (χ4n) is 1.73. The number of hydrogen-bond acceptors (Lipinski definition) is 4. The van der Waals surface area contributed by atoms with Gasteiger partial charge in [0.1, 0.15) is 11.8 Å². The van der Waals surface area contributed by atoms with E-state index in [-0.39, 0.29) is 0 Å². The Kier molecular flexibility index (Phi) is 3.95. The average molecular weight is 303 g/mol. The highest BCUT2D eigenvalue weighted by Gasteiger charge is 2.07. The van der Waals surface area contributed by atoms with Gasteiger partial charge in [0.2, 0.25) is 5.88 Å². The molecule has 3 aromatic rings. The number of hydrogen-bond donors (Lipinski definition) is 0. The van der Waals surface area contributed by atoms with Crippen molar-refractivity contribution in [2.24, 2.45) is 0 Å². The molecule has 3 nitrogen and oxygen atoms in total. The van der Waals surface area contributed by atoms with E-state index in [9.17, 15) is 0 Å². The minimum atomic E-state index is 0.375. The molecule has 20 heavy (non-hydrogen) atoms. The molecule has 5 heteroatoms. The van der Waals surface area contributed by atoms with Crippen LogP contribution in [0.5, 0.6) is 5.88 Å². The number of rotatable bonds is 4. The van der Waals surface area contributed by atoms with Gasteiger partial charge in [-0.2, -0.15) is 4.98 Å². The summed E-state index contributed by atoms with van der Waals surface area (Å²) in [5.41, 5.74) is 0.913. The SMILES string of the molecule is Clc1cc(OCc2cccs2)nc(-c2ccccc2)n1. The summed E-state index contributed by atoms with van der Waals surface area (Å²) in [6.45, 7) is 0.485. The maximum absolute atomic E-state index is 6.03. The molecular weight excluding hydrogens is 292 g/mol. The van der Waals surface area contributed by atoms with Crippen LogP contribution in [0.3, 0.4) is 0 Å². The Balaban J connectivity index is 1.83. The molecule has 0 N–H and O–H groups in total. The average Bonchev–Trinajstić information content (AvgIpc) is 2.99. The normalized spacial score (nSPS) is 10.4. The fraction of sp³-hybridized carbons (Fsp3) is 0.0667. The Morgan fingerprint density at radius 2 is 1.90 bits per heavy atom. The lowest BCUT2D eigenvalue weighted by molar-refractivity contribution is 0.297. The van der Waals surface area contributed by atoms with Crippen LogP contribution in [-0.4, -0.2) is 9.97 Å². The molecule has 0 saturated carbocycles. The molecule has 0 spiro atoms. The monoisotopic (exact) mass is 302 g/mol. The number of aromatic nitrogens is 2. The smallest absolute Gasteiger partial charge is 0.218 e.